The van der Waals surface area contributed by atoms with Crippen LogP contribution in [0, 0.1) is 5.82 Å². The van der Waals surface area contributed by atoms with Crippen LogP contribution < -0.4 is 4.74 Å². The lowest BCUT2D eigenvalue weighted by Gasteiger charge is -2.35. The second kappa shape index (κ2) is 9.71. The van der Waals surface area contributed by atoms with Gasteiger partial charge in [-0.15, -0.1) is 0 Å². The number of aliphatic hydroxyl groups is 1. The first kappa shape index (κ1) is 20.4. The smallest absolute Gasteiger partial charge is 0.165 e. The summed E-state index contributed by atoms with van der Waals surface area (Å²) in [5.74, 6) is -0.247. The van der Waals surface area contributed by atoms with E-state index in [0.717, 1.165) is 38.3 Å². The van der Waals surface area contributed by atoms with Gasteiger partial charge in [0.15, 0.2) is 11.6 Å². The molecule has 0 radical (unpaired) electrons. The zero-order valence-electron chi connectivity index (χ0n) is 15.0. The van der Waals surface area contributed by atoms with Crippen LogP contribution in [-0.2, 0) is 6.54 Å². The molecule has 1 saturated heterocycles. The summed E-state index contributed by atoms with van der Waals surface area (Å²) in [4.78, 5) is 4.54. The number of ether oxygens (including phenoxy) is 1. The summed E-state index contributed by atoms with van der Waals surface area (Å²) in [5.41, 5.74) is 1.14. The number of para-hydroxylation sites is 1. The first-order chi connectivity index (χ1) is 13.0. The summed E-state index contributed by atoms with van der Waals surface area (Å²) in [6.45, 7) is 4.93. The molecule has 0 amide bonds. The molecule has 0 aliphatic carbocycles. The Bertz CT molecular complexity index is 755. The molecular formula is C20H23Cl2FN2O2. The Balaban J connectivity index is 1.39. The van der Waals surface area contributed by atoms with Gasteiger partial charge in [-0.25, -0.2) is 4.39 Å². The standard InChI is InChI=1S/C20H23Cl2FN2O2/c21-17-6-5-15(11-18(17)22)12-24-7-9-25(10-8-24)13-16(26)14-27-20-4-2-1-3-19(20)23/h1-6,11,16,26H,7-10,12-14H2. The van der Waals surface area contributed by atoms with Crippen molar-refractivity contribution in [3.63, 3.8) is 0 Å². The normalized spacial score (nSPS) is 17.0. The monoisotopic (exact) mass is 412 g/mol. The molecule has 27 heavy (non-hydrogen) atoms. The van der Waals surface area contributed by atoms with Crippen molar-refractivity contribution in [3.8, 4) is 5.75 Å². The quantitative estimate of drug-likeness (QED) is 0.751. The van der Waals surface area contributed by atoms with Crippen molar-refractivity contribution < 1.29 is 14.2 Å². The molecule has 7 heteroatoms. The molecule has 0 aromatic heterocycles. The molecule has 4 nitrogen and oxygen atoms in total. The lowest BCUT2D eigenvalue weighted by Crippen LogP contribution is -2.48. The molecule has 0 saturated carbocycles. The molecule has 1 unspecified atom stereocenters. The van der Waals surface area contributed by atoms with Crippen LogP contribution in [-0.4, -0.2) is 60.3 Å². The molecule has 1 aliphatic rings. The van der Waals surface area contributed by atoms with E-state index in [1.807, 2.05) is 18.2 Å². The largest absolute Gasteiger partial charge is 0.488 e. The molecule has 0 bridgehead atoms. The van der Waals surface area contributed by atoms with E-state index in [9.17, 15) is 9.50 Å². The van der Waals surface area contributed by atoms with Crippen molar-refractivity contribution in [1.29, 1.82) is 0 Å². The molecule has 1 heterocycles. The first-order valence-corrected chi connectivity index (χ1v) is 9.71. The van der Waals surface area contributed by atoms with E-state index in [2.05, 4.69) is 9.80 Å². The Morgan fingerprint density at radius 1 is 1.00 bits per heavy atom. The zero-order chi connectivity index (χ0) is 19.2. The molecule has 0 spiro atoms. The van der Waals surface area contributed by atoms with E-state index in [-0.39, 0.29) is 12.4 Å². The van der Waals surface area contributed by atoms with Gasteiger partial charge in [-0.2, -0.15) is 0 Å². The predicted molar refractivity (Wildman–Crippen MR) is 106 cm³/mol. The van der Waals surface area contributed by atoms with E-state index in [0.29, 0.717) is 16.6 Å². The van der Waals surface area contributed by atoms with Crippen LogP contribution in [0.1, 0.15) is 5.56 Å². The lowest BCUT2D eigenvalue weighted by molar-refractivity contribution is 0.0437. The van der Waals surface area contributed by atoms with Crippen LogP contribution in [0.2, 0.25) is 10.0 Å². The highest BCUT2D eigenvalue weighted by atomic mass is 35.5. The Kier molecular flexibility index (Phi) is 7.33. The van der Waals surface area contributed by atoms with Crippen molar-refractivity contribution in [1.82, 2.24) is 9.80 Å². The fraction of sp³-hybridized carbons (Fsp3) is 0.400. The molecule has 2 aromatic rings. The SMILES string of the molecule is OC(COc1ccccc1F)CN1CCN(Cc2ccc(Cl)c(Cl)c2)CC1. The topological polar surface area (TPSA) is 35.9 Å². The van der Waals surface area contributed by atoms with E-state index in [1.165, 1.54) is 6.07 Å². The van der Waals surface area contributed by atoms with Crippen molar-refractivity contribution in [2.45, 2.75) is 12.6 Å². The third-order valence-electron chi connectivity index (χ3n) is 4.59. The van der Waals surface area contributed by atoms with Crippen LogP contribution in [0.15, 0.2) is 42.5 Å². The Labute approximate surface area is 169 Å². The Morgan fingerprint density at radius 2 is 1.70 bits per heavy atom. The maximum atomic E-state index is 13.5. The Morgan fingerprint density at radius 3 is 2.41 bits per heavy atom. The predicted octanol–water partition coefficient (Wildman–Crippen LogP) is 3.69. The van der Waals surface area contributed by atoms with Crippen LogP contribution in [0.25, 0.3) is 0 Å². The minimum absolute atomic E-state index is 0.0738. The summed E-state index contributed by atoms with van der Waals surface area (Å²) in [6.07, 6.45) is -0.661. The molecule has 1 aliphatic heterocycles. The highest BCUT2D eigenvalue weighted by Gasteiger charge is 2.20. The van der Waals surface area contributed by atoms with Crippen LogP contribution in [0.3, 0.4) is 0 Å². The highest BCUT2D eigenvalue weighted by molar-refractivity contribution is 6.42. The number of nitrogens with zero attached hydrogens (tertiary/aromatic N) is 2. The van der Waals surface area contributed by atoms with Gasteiger partial charge in [0.05, 0.1) is 10.0 Å². The molecule has 3 rings (SSSR count). The fourth-order valence-electron chi connectivity index (χ4n) is 3.12. The highest BCUT2D eigenvalue weighted by Crippen LogP contribution is 2.23. The van der Waals surface area contributed by atoms with Gasteiger partial charge in [-0.1, -0.05) is 41.4 Å². The number of aliphatic hydroxyl groups excluding tert-OH is 1. The number of rotatable bonds is 7. The van der Waals surface area contributed by atoms with Crippen molar-refractivity contribution in [3.05, 3.63) is 63.9 Å². The third kappa shape index (κ3) is 6.06. The molecule has 1 fully saturated rings. The van der Waals surface area contributed by atoms with Crippen LogP contribution >= 0.6 is 23.2 Å². The number of benzene rings is 2. The van der Waals surface area contributed by atoms with Gasteiger partial charge in [-0.05, 0) is 29.8 Å². The number of hydrogen-bond acceptors (Lipinski definition) is 4. The average molecular weight is 413 g/mol. The third-order valence-corrected chi connectivity index (χ3v) is 5.33. The Hall–Kier alpha value is -1.37. The number of halogens is 3. The van der Waals surface area contributed by atoms with Crippen LogP contribution in [0.4, 0.5) is 4.39 Å². The van der Waals surface area contributed by atoms with E-state index in [1.54, 1.807) is 18.2 Å². The summed E-state index contributed by atoms with van der Waals surface area (Å²) in [6, 6.07) is 11.9. The van der Waals surface area contributed by atoms with Gasteiger partial charge in [0, 0.05) is 39.3 Å². The van der Waals surface area contributed by atoms with Crippen molar-refractivity contribution in [2.24, 2.45) is 0 Å². The molecule has 146 valence electrons. The average Bonchev–Trinajstić information content (AvgIpc) is 2.66. The van der Waals surface area contributed by atoms with Gasteiger partial charge in [0.2, 0.25) is 0 Å². The zero-order valence-corrected chi connectivity index (χ0v) is 16.5. The second-order valence-corrected chi connectivity index (χ2v) is 7.53. The van der Waals surface area contributed by atoms with Gasteiger partial charge in [0.1, 0.15) is 12.7 Å². The van der Waals surface area contributed by atoms with Crippen molar-refractivity contribution >= 4 is 23.2 Å². The minimum atomic E-state index is -0.661. The summed E-state index contributed by atoms with van der Waals surface area (Å²) in [7, 11) is 0. The van der Waals surface area contributed by atoms with Gasteiger partial charge < -0.3 is 9.84 Å². The van der Waals surface area contributed by atoms with E-state index >= 15 is 0 Å². The number of hydrogen-bond donors (Lipinski definition) is 1. The summed E-state index contributed by atoms with van der Waals surface area (Å²) in [5, 5.41) is 11.3. The molecule has 1 N–H and O–H groups in total. The van der Waals surface area contributed by atoms with Gasteiger partial charge in [-0.3, -0.25) is 9.80 Å². The maximum absolute atomic E-state index is 13.5. The fourth-order valence-corrected chi connectivity index (χ4v) is 3.45. The van der Waals surface area contributed by atoms with Crippen molar-refractivity contribution in [2.75, 3.05) is 39.3 Å². The first-order valence-electron chi connectivity index (χ1n) is 8.95. The molecule has 2 aromatic carbocycles. The van der Waals surface area contributed by atoms with E-state index in [4.69, 9.17) is 27.9 Å². The minimum Gasteiger partial charge on any atom is -0.488 e. The molecule has 1 atom stereocenters. The summed E-state index contributed by atoms with van der Waals surface area (Å²) < 4.78 is 18.9. The second-order valence-electron chi connectivity index (χ2n) is 6.72. The lowest BCUT2D eigenvalue weighted by atomic mass is 10.2. The molecular weight excluding hydrogens is 390 g/mol. The van der Waals surface area contributed by atoms with Gasteiger partial charge >= 0.3 is 0 Å². The summed E-state index contributed by atoms with van der Waals surface area (Å²) >= 11 is 12.0. The van der Waals surface area contributed by atoms with Gasteiger partial charge in [0.25, 0.3) is 0 Å². The maximum Gasteiger partial charge on any atom is 0.165 e. The number of piperazine rings is 1. The number of β-amino-alcohol motifs (C(OH)–C–C–N with tert-alkyl or cyclic N) is 1. The van der Waals surface area contributed by atoms with E-state index < -0.39 is 11.9 Å². The van der Waals surface area contributed by atoms with Crippen LogP contribution in [0.5, 0.6) is 5.75 Å².